The molecule has 20 heavy (non-hydrogen) atoms. The lowest BCUT2D eigenvalue weighted by Gasteiger charge is -2.42. The summed E-state index contributed by atoms with van der Waals surface area (Å²) in [7, 11) is 0. The lowest BCUT2D eigenvalue weighted by Crippen LogP contribution is -2.53. The standard InChI is InChI=1S/C15H28N2O3/c1-4-17(14-10-20-9-13(14)15(18)19)12-5-7-16(8-6-12)11(2)3/h11-14H,4-10H2,1-3H3,(H,18,19). The number of carboxylic acid groups (broad SMARTS) is 1. The van der Waals surface area contributed by atoms with Crippen LogP contribution in [0.3, 0.4) is 0 Å². The highest BCUT2D eigenvalue weighted by Crippen LogP contribution is 2.26. The molecule has 0 aromatic heterocycles. The van der Waals surface area contributed by atoms with E-state index in [-0.39, 0.29) is 12.0 Å². The second kappa shape index (κ2) is 6.87. The van der Waals surface area contributed by atoms with Gasteiger partial charge >= 0.3 is 5.97 Å². The molecule has 2 atom stereocenters. The van der Waals surface area contributed by atoms with Gasteiger partial charge in [-0.05, 0) is 46.3 Å². The van der Waals surface area contributed by atoms with Crippen molar-refractivity contribution in [3.05, 3.63) is 0 Å². The van der Waals surface area contributed by atoms with Crippen molar-refractivity contribution in [1.82, 2.24) is 9.80 Å². The van der Waals surface area contributed by atoms with Crippen molar-refractivity contribution in [3.63, 3.8) is 0 Å². The highest BCUT2D eigenvalue weighted by atomic mass is 16.5. The van der Waals surface area contributed by atoms with E-state index >= 15 is 0 Å². The fraction of sp³-hybridized carbons (Fsp3) is 0.933. The smallest absolute Gasteiger partial charge is 0.310 e. The third kappa shape index (κ3) is 3.32. The van der Waals surface area contributed by atoms with Crippen molar-refractivity contribution >= 4 is 5.97 Å². The number of rotatable bonds is 5. The van der Waals surface area contributed by atoms with E-state index < -0.39 is 5.97 Å². The number of aliphatic carboxylic acids is 1. The summed E-state index contributed by atoms with van der Waals surface area (Å²) >= 11 is 0. The van der Waals surface area contributed by atoms with Crippen LogP contribution in [-0.4, -0.2) is 71.8 Å². The van der Waals surface area contributed by atoms with E-state index in [1.807, 2.05) is 0 Å². The number of nitrogens with zero attached hydrogens (tertiary/aromatic N) is 2. The van der Waals surface area contributed by atoms with Gasteiger partial charge in [0.25, 0.3) is 0 Å². The minimum absolute atomic E-state index is 0.0492. The van der Waals surface area contributed by atoms with Crippen molar-refractivity contribution < 1.29 is 14.6 Å². The van der Waals surface area contributed by atoms with E-state index in [0.717, 1.165) is 32.5 Å². The number of likely N-dealkylation sites (tertiary alicyclic amines) is 1. The summed E-state index contributed by atoms with van der Waals surface area (Å²) in [5, 5.41) is 9.33. The first-order valence-electron chi connectivity index (χ1n) is 7.85. The molecule has 1 N–H and O–H groups in total. The zero-order valence-electron chi connectivity index (χ0n) is 12.9. The van der Waals surface area contributed by atoms with Crippen LogP contribution in [0.5, 0.6) is 0 Å². The number of likely N-dealkylation sites (N-methyl/N-ethyl adjacent to an activating group) is 1. The summed E-state index contributed by atoms with van der Waals surface area (Å²) in [5.41, 5.74) is 0. The van der Waals surface area contributed by atoms with E-state index in [9.17, 15) is 9.90 Å². The molecule has 2 aliphatic rings. The minimum atomic E-state index is -0.717. The van der Waals surface area contributed by atoms with Gasteiger partial charge in [-0.25, -0.2) is 0 Å². The maximum atomic E-state index is 11.3. The number of carboxylic acids is 1. The SMILES string of the molecule is CCN(C1CCN(C(C)C)CC1)C1COCC1C(=O)O. The molecule has 0 amide bonds. The summed E-state index contributed by atoms with van der Waals surface area (Å²) in [6.07, 6.45) is 2.27. The number of hydrogen-bond acceptors (Lipinski definition) is 4. The predicted octanol–water partition coefficient (Wildman–Crippen LogP) is 1.28. The molecule has 116 valence electrons. The van der Waals surface area contributed by atoms with Gasteiger partial charge in [0.05, 0.1) is 19.1 Å². The van der Waals surface area contributed by atoms with Crippen LogP contribution in [0.1, 0.15) is 33.6 Å². The van der Waals surface area contributed by atoms with Crippen LogP contribution in [0.2, 0.25) is 0 Å². The molecule has 0 aromatic carbocycles. The summed E-state index contributed by atoms with van der Waals surface area (Å²) in [4.78, 5) is 16.2. The van der Waals surface area contributed by atoms with Gasteiger partial charge in [0.15, 0.2) is 0 Å². The fourth-order valence-electron chi connectivity index (χ4n) is 3.60. The first kappa shape index (κ1) is 15.7. The monoisotopic (exact) mass is 284 g/mol. The molecule has 5 heteroatoms. The molecule has 0 aromatic rings. The molecule has 0 aliphatic carbocycles. The summed E-state index contributed by atoms with van der Waals surface area (Å²) in [6, 6.07) is 1.16. The summed E-state index contributed by atoms with van der Waals surface area (Å²) in [5.74, 6) is -1.08. The third-order valence-electron chi connectivity index (χ3n) is 4.86. The van der Waals surface area contributed by atoms with Gasteiger partial charge in [-0.2, -0.15) is 0 Å². The highest BCUT2D eigenvalue weighted by Gasteiger charge is 2.40. The van der Waals surface area contributed by atoms with Gasteiger partial charge in [-0.3, -0.25) is 9.69 Å². The molecular formula is C15H28N2O3. The Hall–Kier alpha value is -0.650. The quantitative estimate of drug-likeness (QED) is 0.824. The predicted molar refractivity (Wildman–Crippen MR) is 77.8 cm³/mol. The molecule has 2 heterocycles. The van der Waals surface area contributed by atoms with Crippen molar-refractivity contribution in [2.45, 2.75) is 51.7 Å². The maximum Gasteiger partial charge on any atom is 0.310 e. The van der Waals surface area contributed by atoms with E-state index in [1.165, 1.54) is 0 Å². The van der Waals surface area contributed by atoms with Gasteiger partial charge in [-0.1, -0.05) is 6.92 Å². The van der Waals surface area contributed by atoms with Crippen LogP contribution in [0.4, 0.5) is 0 Å². The molecule has 0 spiro atoms. The molecule has 0 radical (unpaired) electrons. The average Bonchev–Trinajstić information content (AvgIpc) is 2.89. The molecule has 5 nitrogen and oxygen atoms in total. The van der Waals surface area contributed by atoms with Crippen LogP contribution < -0.4 is 0 Å². The van der Waals surface area contributed by atoms with Crippen LogP contribution >= 0.6 is 0 Å². The maximum absolute atomic E-state index is 11.3. The van der Waals surface area contributed by atoms with Crippen LogP contribution in [-0.2, 0) is 9.53 Å². The molecule has 2 saturated heterocycles. The molecule has 0 bridgehead atoms. The molecule has 2 fully saturated rings. The van der Waals surface area contributed by atoms with Gasteiger partial charge in [0, 0.05) is 18.1 Å². The Bertz CT molecular complexity index is 327. The van der Waals surface area contributed by atoms with Gasteiger partial charge < -0.3 is 14.7 Å². The second-order valence-corrected chi connectivity index (χ2v) is 6.24. The number of ether oxygens (including phenoxy) is 1. The van der Waals surface area contributed by atoms with Crippen LogP contribution in [0, 0.1) is 5.92 Å². The largest absolute Gasteiger partial charge is 0.481 e. The minimum Gasteiger partial charge on any atom is -0.481 e. The Morgan fingerprint density at radius 2 is 2.00 bits per heavy atom. The zero-order chi connectivity index (χ0) is 14.7. The van der Waals surface area contributed by atoms with Crippen molar-refractivity contribution in [1.29, 1.82) is 0 Å². The first-order valence-corrected chi connectivity index (χ1v) is 7.85. The third-order valence-corrected chi connectivity index (χ3v) is 4.86. The summed E-state index contributed by atoms with van der Waals surface area (Å²) < 4.78 is 5.43. The van der Waals surface area contributed by atoms with E-state index in [4.69, 9.17) is 4.74 Å². The molecule has 0 saturated carbocycles. The topological polar surface area (TPSA) is 53.0 Å². The van der Waals surface area contributed by atoms with E-state index in [1.54, 1.807) is 0 Å². The fourth-order valence-corrected chi connectivity index (χ4v) is 3.60. The number of hydrogen-bond donors (Lipinski definition) is 1. The van der Waals surface area contributed by atoms with Gasteiger partial charge in [0.1, 0.15) is 0 Å². The Kier molecular flexibility index (Phi) is 5.41. The van der Waals surface area contributed by atoms with E-state index in [2.05, 4.69) is 30.6 Å². The Morgan fingerprint density at radius 3 is 2.50 bits per heavy atom. The Balaban J connectivity index is 1.97. The Labute approximate surface area is 121 Å². The molecule has 2 aliphatic heterocycles. The number of piperidine rings is 1. The highest BCUT2D eigenvalue weighted by molar-refractivity contribution is 5.71. The lowest BCUT2D eigenvalue weighted by molar-refractivity contribution is -0.143. The average molecular weight is 284 g/mol. The molecule has 2 unspecified atom stereocenters. The first-order chi connectivity index (χ1) is 9.54. The molecule has 2 rings (SSSR count). The number of carbonyl (C=O) groups is 1. The van der Waals surface area contributed by atoms with Gasteiger partial charge in [0.2, 0.25) is 0 Å². The lowest BCUT2D eigenvalue weighted by atomic mass is 9.95. The van der Waals surface area contributed by atoms with Crippen molar-refractivity contribution in [3.8, 4) is 0 Å². The van der Waals surface area contributed by atoms with Crippen LogP contribution in [0.25, 0.3) is 0 Å². The normalized spacial score (nSPS) is 29.4. The van der Waals surface area contributed by atoms with E-state index in [0.29, 0.717) is 25.3 Å². The Morgan fingerprint density at radius 1 is 1.35 bits per heavy atom. The van der Waals surface area contributed by atoms with Gasteiger partial charge in [-0.15, -0.1) is 0 Å². The molecular weight excluding hydrogens is 256 g/mol. The van der Waals surface area contributed by atoms with Crippen molar-refractivity contribution in [2.75, 3.05) is 32.8 Å². The second-order valence-electron chi connectivity index (χ2n) is 6.24. The van der Waals surface area contributed by atoms with Crippen LogP contribution in [0.15, 0.2) is 0 Å². The summed E-state index contributed by atoms with van der Waals surface area (Å²) in [6.45, 7) is 10.7. The zero-order valence-corrected chi connectivity index (χ0v) is 12.9. The van der Waals surface area contributed by atoms with Crippen molar-refractivity contribution in [2.24, 2.45) is 5.92 Å².